The van der Waals surface area contributed by atoms with Crippen molar-refractivity contribution in [3.63, 3.8) is 0 Å². The Balaban J connectivity index is 2.22. The molecule has 6 nitrogen and oxygen atoms in total. The van der Waals surface area contributed by atoms with E-state index >= 15 is 0 Å². The number of nitrogens with one attached hydrogen (secondary N) is 1. The van der Waals surface area contributed by atoms with Gasteiger partial charge in [-0.15, -0.1) is 0 Å². The number of hydrogen-bond donors (Lipinski definition) is 3. The molecule has 1 heterocycles. The Kier molecular flexibility index (Phi) is 3.00. The van der Waals surface area contributed by atoms with Crippen molar-refractivity contribution in [2.24, 2.45) is 11.5 Å². The molecular weight excluding hydrogens is 206 g/mol. The summed E-state index contributed by atoms with van der Waals surface area (Å²) in [5.74, 6) is 0.0392. The van der Waals surface area contributed by atoms with Gasteiger partial charge in [0.15, 0.2) is 0 Å². The number of rotatable bonds is 5. The van der Waals surface area contributed by atoms with E-state index < -0.39 is 5.91 Å². The van der Waals surface area contributed by atoms with Gasteiger partial charge < -0.3 is 16.8 Å². The van der Waals surface area contributed by atoms with E-state index in [1.54, 1.807) is 0 Å². The average molecular weight is 221 g/mol. The Hall–Kier alpha value is -1.69. The zero-order chi connectivity index (χ0) is 11.5. The number of amides is 1. The third kappa shape index (κ3) is 2.46. The van der Waals surface area contributed by atoms with Crippen molar-refractivity contribution in [3.05, 3.63) is 17.5 Å². The van der Waals surface area contributed by atoms with Gasteiger partial charge in [-0.2, -0.15) is 0 Å². The van der Waals surface area contributed by atoms with Crippen LogP contribution in [0.15, 0.2) is 6.20 Å². The Labute approximate surface area is 93.4 Å². The number of aromatic nitrogens is 2. The number of hydrogen-bond acceptors (Lipinski definition) is 5. The highest BCUT2D eigenvalue weighted by Crippen LogP contribution is 2.23. The number of nitrogens with two attached hydrogens (primary N) is 2. The first kappa shape index (κ1) is 10.8. The maximum atomic E-state index is 11.1. The molecule has 1 amide bonds. The molecule has 1 aromatic rings. The van der Waals surface area contributed by atoms with Crippen LogP contribution in [0.4, 0.5) is 5.95 Å². The zero-order valence-electron chi connectivity index (χ0n) is 8.94. The van der Waals surface area contributed by atoms with Gasteiger partial charge in [-0.25, -0.2) is 9.97 Å². The fourth-order valence-electron chi connectivity index (χ4n) is 1.43. The molecule has 6 heteroatoms. The molecule has 5 N–H and O–H groups in total. The van der Waals surface area contributed by atoms with Crippen LogP contribution in [-0.4, -0.2) is 28.5 Å². The zero-order valence-corrected chi connectivity index (χ0v) is 8.94. The van der Waals surface area contributed by atoms with E-state index in [0.717, 1.165) is 12.8 Å². The summed E-state index contributed by atoms with van der Waals surface area (Å²) in [5.41, 5.74) is 11.7. The molecule has 0 unspecified atom stereocenters. The predicted octanol–water partition coefficient (Wildman–Crippen LogP) is -0.349. The van der Waals surface area contributed by atoms with Gasteiger partial charge in [0, 0.05) is 18.7 Å². The number of primary amides is 1. The van der Waals surface area contributed by atoms with Gasteiger partial charge in [0.2, 0.25) is 5.95 Å². The van der Waals surface area contributed by atoms with Crippen molar-refractivity contribution in [1.29, 1.82) is 0 Å². The van der Waals surface area contributed by atoms with Gasteiger partial charge >= 0.3 is 0 Å². The lowest BCUT2D eigenvalue weighted by molar-refractivity contribution is 0.0998. The second-order valence-corrected chi connectivity index (χ2v) is 3.88. The standard InChI is InChI=1S/C10H15N5O/c11-4-3-8-7(9(12)16)5-13-10(15-8)14-6-1-2-6/h5-6H,1-4,11H2,(H2,12,16)(H,13,14,15). The molecule has 0 bridgehead atoms. The SMILES string of the molecule is NCCc1nc(NC2CC2)ncc1C(N)=O. The van der Waals surface area contributed by atoms with E-state index in [1.165, 1.54) is 6.20 Å². The van der Waals surface area contributed by atoms with Crippen molar-refractivity contribution in [2.45, 2.75) is 25.3 Å². The highest BCUT2D eigenvalue weighted by atomic mass is 16.1. The van der Waals surface area contributed by atoms with Crippen molar-refractivity contribution in [2.75, 3.05) is 11.9 Å². The van der Waals surface area contributed by atoms with Crippen molar-refractivity contribution in [1.82, 2.24) is 9.97 Å². The fourth-order valence-corrected chi connectivity index (χ4v) is 1.43. The lowest BCUT2D eigenvalue weighted by Crippen LogP contribution is -2.19. The van der Waals surface area contributed by atoms with Crippen LogP contribution < -0.4 is 16.8 Å². The number of nitrogens with zero attached hydrogens (tertiary/aromatic N) is 2. The molecule has 16 heavy (non-hydrogen) atoms. The molecule has 1 fully saturated rings. The van der Waals surface area contributed by atoms with Crippen molar-refractivity contribution < 1.29 is 4.79 Å². The molecule has 1 aliphatic rings. The van der Waals surface area contributed by atoms with E-state index in [4.69, 9.17) is 11.5 Å². The largest absolute Gasteiger partial charge is 0.365 e. The normalized spacial score (nSPS) is 14.8. The molecular formula is C10H15N5O. The van der Waals surface area contributed by atoms with Gasteiger partial charge in [-0.05, 0) is 19.4 Å². The van der Waals surface area contributed by atoms with Gasteiger partial charge in [-0.3, -0.25) is 4.79 Å². The highest BCUT2D eigenvalue weighted by Gasteiger charge is 2.22. The molecule has 0 spiro atoms. The summed E-state index contributed by atoms with van der Waals surface area (Å²) in [6.07, 6.45) is 4.28. The molecule has 0 radical (unpaired) electrons. The Bertz CT molecular complexity index is 402. The van der Waals surface area contributed by atoms with Crippen molar-refractivity contribution >= 4 is 11.9 Å². The van der Waals surface area contributed by atoms with Crippen molar-refractivity contribution in [3.8, 4) is 0 Å². The summed E-state index contributed by atoms with van der Waals surface area (Å²) in [5, 5.41) is 3.17. The molecule has 0 atom stereocenters. The van der Waals surface area contributed by atoms with Crippen LogP contribution in [-0.2, 0) is 6.42 Å². The van der Waals surface area contributed by atoms with Crippen LogP contribution in [0.3, 0.4) is 0 Å². The Morgan fingerprint density at radius 3 is 2.88 bits per heavy atom. The molecule has 1 aromatic heterocycles. The third-order valence-corrected chi connectivity index (χ3v) is 2.42. The fraction of sp³-hybridized carbons (Fsp3) is 0.500. The van der Waals surface area contributed by atoms with E-state index in [2.05, 4.69) is 15.3 Å². The van der Waals surface area contributed by atoms with Gasteiger partial charge in [0.25, 0.3) is 5.91 Å². The first-order chi connectivity index (χ1) is 7.70. The van der Waals surface area contributed by atoms with Crippen LogP contribution in [0.2, 0.25) is 0 Å². The Morgan fingerprint density at radius 2 is 2.31 bits per heavy atom. The molecule has 0 aliphatic heterocycles. The maximum Gasteiger partial charge on any atom is 0.252 e. The third-order valence-electron chi connectivity index (χ3n) is 2.42. The van der Waals surface area contributed by atoms with Gasteiger partial charge in [0.05, 0.1) is 11.3 Å². The van der Waals surface area contributed by atoms with Crippen LogP contribution in [0.1, 0.15) is 28.9 Å². The lowest BCUT2D eigenvalue weighted by Gasteiger charge is -2.07. The minimum atomic E-state index is -0.513. The minimum Gasteiger partial charge on any atom is -0.365 e. The summed E-state index contributed by atoms with van der Waals surface area (Å²) in [6.45, 7) is 0.431. The van der Waals surface area contributed by atoms with E-state index in [9.17, 15) is 4.79 Å². The van der Waals surface area contributed by atoms with E-state index in [1.807, 2.05) is 0 Å². The topological polar surface area (TPSA) is 107 Å². The minimum absolute atomic E-state index is 0.354. The number of carbonyl (C=O) groups is 1. The summed E-state index contributed by atoms with van der Waals surface area (Å²) in [4.78, 5) is 19.4. The predicted molar refractivity (Wildman–Crippen MR) is 60.0 cm³/mol. The van der Waals surface area contributed by atoms with E-state index in [0.29, 0.717) is 36.2 Å². The molecule has 86 valence electrons. The molecule has 0 aromatic carbocycles. The second-order valence-electron chi connectivity index (χ2n) is 3.88. The summed E-state index contributed by atoms with van der Waals surface area (Å²) in [7, 11) is 0. The average Bonchev–Trinajstić information content (AvgIpc) is 3.02. The lowest BCUT2D eigenvalue weighted by atomic mass is 10.2. The van der Waals surface area contributed by atoms with Crippen LogP contribution in [0.5, 0.6) is 0 Å². The van der Waals surface area contributed by atoms with E-state index in [-0.39, 0.29) is 0 Å². The first-order valence-corrected chi connectivity index (χ1v) is 5.33. The Morgan fingerprint density at radius 1 is 1.56 bits per heavy atom. The molecule has 0 saturated heterocycles. The summed E-state index contributed by atoms with van der Waals surface area (Å²) in [6, 6.07) is 0.477. The summed E-state index contributed by atoms with van der Waals surface area (Å²) < 4.78 is 0. The van der Waals surface area contributed by atoms with Crippen LogP contribution >= 0.6 is 0 Å². The smallest absolute Gasteiger partial charge is 0.252 e. The summed E-state index contributed by atoms with van der Waals surface area (Å²) >= 11 is 0. The maximum absolute atomic E-state index is 11.1. The number of carbonyl (C=O) groups excluding carboxylic acids is 1. The molecule has 1 aliphatic carbocycles. The molecule has 1 saturated carbocycles. The van der Waals surface area contributed by atoms with Gasteiger partial charge in [-0.1, -0.05) is 0 Å². The second kappa shape index (κ2) is 4.44. The first-order valence-electron chi connectivity index (χ1n) is 5.33. The number of anilines is 1. The van der Waals surface area contributed by atoms with Crippen LogP contribution in [0.25, 0.3) is 0 Å². The monoisotopic (exact) mass is 221 g/mol. The highest BCUT2D eigenvalue weighted by molar-refractivity contribution is 5.93. The van der Waals surface area contributed by atoms with Gasteiger partial charge in [0.1, 0.15) is 0 Å². The quantitative estimate of drug-likeness (QED) is 0.630. The van der Waals surface area contributed by atoms with Crippen LogP contribution in [0, 0.1) is 0 Å². The molecule has 2 rings (SSSR count).